The van der Waals surface area contributed by atoms with Crippen LogP contribution >= 0.6 is 0 Å². The first-order valence-corrected chi connectivity index (χ1v) is 7.95. The Balaban J connectivity index is 2.00. The number of aromatic nitrogens is 2. The second-order valence-electron chi connectivity index (χ2n) is 5.72. The second kappa shape index (κ2) is 7.87. The molecule has 2 aromatic heterocycles. The molecule has 0 saturated heterocycles. The Morgan fingerprint density at radius 2 is 1.91 bits per heavy atom. The molecule has 0 aliphatic rings. The molecule has 0 aliphatic heterocycles. The van der Waals surface area contributed by atoms with Crippen LogP contribution in [0, 0.1) is 0 Å². The van der Waals surface area contributed by atoms with Crippen LogP contribution in [0.2, 0.25) is 0 Å². The van der Waals surface area contributed by atoms with Gasteiger partial charge in [0.15, 0.2) is 11.5 Å². The number of aliphatic hydroxyl groups is 1. The Labute approximate surface area is 135 Å². The fourth-order valence-corrected chi connectivity index (χ4v) is 2.60. The van der Waals surface area contributed by atoms with Crippen LogP contribution in [0.3, 0.4) is 0 Å². The quantitative estimate of drug-likeness (QED) is 0.781. The van der Waals surface area contributed by atoms with Gasteiger partial charge < -0.3 is 14.9 Å². The molecule has 0 aromatic carbocycles. The van der Waals surface area contributed by atoms with Gasteiger partial charge in [-0.25, -0.2) is 0 Å². The summed E-state index contributed by atoms with van der Waals surface area (Å²) < 4.78 is 5.20. The van der Waals surface area contributed by atoms with Crippen LogP contribution in [-0.4, -0.2) is 33.3 Å². The van der Waals surface area contributed by atoms with Gasteiger partial charge in [-0.3, -0.25) is 9.78 Å². The lowest BCUT2D eigenvalue weighted by Gasteiger charge is -2.27. The van der Waals surface area contributed by atoms with E-state index >= 15 is 0 Å². The van der Waals surface area contributed by atoms with Crippen LogP contribution in [0.4, 0.5) is 0 Å². The molecule has 0 saturated carbocycles. The van der Waals surface area contributed by atoms with E-state index in [9.17, 15) is 9.90 Å². The zero-order chi connectivity index (χ0) is 16.7. The van der Waals surface area contributed by atoms with Crippen molar-refractivity contribution >= 4 is 5.91 Å². The molecule has 6 nitrogen and oxygen atoms in total. The summed E-state index contributed by atoms with van der Waals surface area (Å²) in [6.45, 7) is 4.24. The topological polar surface area (TPSA) is 88.2 Å². The number of pyridine rings is 1. The predicted octanol–water partition coefficient (Wildman–Crippen LogP) is 2.80. The molecule has 0 radical (unpaired) electrons. The molecule has 0 bridgehead atoms. The highest BCUT2D eigenvalue weighted by Crippen LogP contribution is 2.20. The van der Waals surface area contributed by atoms with Crippen molar-refractivity contribution in [2.45, 2.75) is 45.1 Å². The SMILES string of the molecule is CCCC(O)(CCC)CNC(=O)c1cc(-c2ccncc2)on1. The van der Waals surface area contributed by atoms with E-state index in [4.69, 9.17) is 4.52 Å². The van der Waals surface area contributed by atoms with Crippen LogP contribution in [0.15, 0.2) is 35.1 Å². The molecule has 2 aromatic rings. The second-order valence-corrected chi connectivity index (χ2v) is 5.72. The molecule has 0 unspecified atom stereocenters. The van der Waals surface area contributed by atoms with Crippen molar-refractivity contribution in [3.63, 3.8) is 0 Å². The monoisotopic (exact) mass is 317 g/mol. The summed E-state index contributed by atoms with van der Waals surface area (Å²) >= 11 is 0. The maximum absolute atomic E-state index is 12.2. The molecule has 124 valence electrons. The first kappa shape index (κ1) is 17.1. The Morgan fingerprint density at radius 3 is 2.52 bits per heavy atom. The van der Waals surface area contributed by atoms with Crippen molar-refractivity contribution in [1.29, 1.82) is 0 Å². The van der Waals surface area contributed by atoms with E-state index in [0.717, 1.165) is 18.4 Å². The van der Waals surface area contributed by atoms with Crippen molar-refractivity contribution in [2.24, 2.45) is 0 Å². The molecule has 23 heavy (non-hydrogen) atoms. The number of nitrogens with one attached hydrogen (secondary N) is 1. The maximum atomic E-state index is 12.2. The molecule has 2 N–H and O–H groups in total. The lowest BCUT2D eigenvalue weighted by atomic mass is 9.92. The number of hydrogen-bond acceptors (Lipinski definition) is 5. The van der Waals surface area contributed by atoms with Crippen molar-refractivity contribution in [3.05, 3.63) is 36.3 Å². The first-order chi connectivity index (χ1) is 11.1. The largest absolute Gasteiger partial charge is 0.388 e. The van der Waals surface area contributed by atoms with Gasteiger partial charge in [0.1, 0.15) is 0 Å². The number of carbonyl (C=O) groups excluding carboxylic acids is 1. The predicted molar refractivity (Wildman–Crippen MR) is 86.8 cm³/mol. The summed E-state index contributed by atoms with van der Waals surface area (Å²) in [5, 5.41) is 17.1. The average molecular weight is 317 g/mol. The lowest BCUT2D eigenvalue weighted by molar-refractivity contribution is 0.0212. The number of nitrogens with zero attached hydrogens (tertiary/aromatic N) is 2. The number of hydrogen-bond donors (Lipinski definition) is 2. The number of carbonyl (C=O) groups is 1. The van der Waals surface area contributed by atoms with E-state index in [-0.39, 0.29) is 18.1 Å². The normalized spacial score (nSPS) is 11.4. The van der Waals surface area contributed by atoms with Crippen LogP contribution in [0.5, 0.6) is 0 Å². The van der Waals surface area contributed by atoms with E-state index in [1.54, 1.807) is 30.6 Å². The number of rotatable bonds is 8. The van der Waals surface area contributed by atoms with Crippen molar-refractivity contribution in [1.82, 2.24) is 15.5 Å². The molecule has 2 rings (SSSR count). The lowest BCUT2D eigenvalue weighted by Crippen LogP contribution is -2.42. The van der Waals surface area contributed by atoms with Crippen LogP contribution < -0.4 is 5.32 Å². The van der Waals surface area contributed by atoms with Gasteiger partial charge in [-0.2, -0.15) is 0 Å². The van der Waals surface area contributed by atoms with E-state index in [0.29, 0.717) is 18.6 Å². The molecule has 2 heterocycles. The molecule has 0 aliphatic carbocycles. The van der Waals surface area contributed by atoms with E-state index in [1.165, 1.54) is 0 Å². The van der Waals surface area contributed by atoms with Crippen LogP contribution in [-0.2, 0) is 0 Å². The zero-order valence-electron chi connectivity index (χ0n) is 13.6. The maximum Gasteiger partial charge on any atom is 0.273 e. The summed E-state index contributed by atoms with van der Waals surface area (Å²) in [5.74, 6) is 0.162. The van der Waals surface area contributed by atoms with Gasteiger partial charge in [0.05, 0.1) is 5.60 Å². The van der Waals surface area contributed by atoms with E-state index in [2.05, 4.69) is 15.5 Å². The Hall–Kier alpha value is -2.21. The summed E-state index contributed by atoms with van der Waals surface area (Å²) in [5.41, 5.74) is 0.142. The highest BCUT2D eigenvalue weighted by Gasteiger charge is 2.26. The Bertz CT molecular complexity index is 619. The van der Waals surface area contributed by atoms with Gasteiger partial charge >= 0.3 is 0 Å². The van der Waals surface area contributed by atoms with E-state index < -0.39 is 5.60 Å². The average Bonchev–Trinajstić information content (AvgIpc) is 3.04. The Kier molecular flexibility index (Phi) is 5.87. The minimum atomic E-state index is -0.864. The molecule has 0 fully saturated rings. The molecule has 1 amide bonds. The molecular formula is C17H23N3O3. The van der Waals surface area contributed by atoms with Crippen LogP contribution in [0.1, 0.15) is 50.0 Å². The third-order valence-electron chi connectivity index (χ3n) is 3.72. The van der Waals surface area contributed by atoms with Gasteiger partial charge in [0, 0.05) is 30.6 Å². The first-order valence-electron chi connectivity index (χ1n) is 7.95. The highest BCUT2D eigenvalue weighted by molar-refractivity contribution is 5.93. The smallest absolute Gasteiger partial charge is 0.273 e. The molecule has 0 spiro atoms. The van der Waals surface area contributed by atoms with Gasteiger partial charge in [0.2, 0.25) is 0 Å². The zero-order valence-corrected chi connectivity index (χ0v) is 13.6. The van der Waals surface area contributed by atoms with Crippen molar-refractivity contribution < 1.29 is 14.4 Å². The summed E-state index contributed by atoms with van der Waals surface area (Å²) in [6.07, 6.45) is 6.33. The van der Waals surface area contributed by atoms with Gasteiger partial charge in [-0.1, -0.05) is 31.8 Å². The van der Waals surface area contributed by atoms with Crippen molar-refractivity contribution in [2.75, 3.05) is 6.54 Å². The molecular weight excluding hydrogens is 294 g/mol. The summed E-state index contributed by atoms with van der Waals surface area (Å²) in [4.78, 5) is 16.1. The van der Waals surface area contributed by atoms with E-state index in [1.807, 2.05) is 13.8 Å². The van der Waals surface area contributed by atoms with Crippen LogP contribution in [0.25, 0.3) is 11.3 Å². The Morgan fingerprint density at radius 1 is 1.26 bits per heavy atom. The standard InChI is InChI=1S/C17H23N3O3/c1-3-7-17(22,8-4-2)12-19-16(21)14-11-15(23-20-14)13-5-9-18-10-6-13/h5-6,9-11,22H,3-4,7-8,12H2,1-2H3,(H,19,21). The summed E-state index contributed by atoms with van der Waals surface area (Å²) in [6, 6.07) is 5.15. The van der Waals surface area contributed by atoms with Gasteiger partial charge in [-0.05, 0) is 25.0 Å². The molecule has 0 atom stereocenters. The fraction of sp³-hybridized carbons (Fsp3) is 0.471. The van der Waals surface area contributed by atoms with Gasteiger partial charge in [0.25, 0.3) is 5.91 Å². The third kappa shape index (κ3) is 4.63. The van der Waals surface area contributed by atoms with Gasteiger partial charge in [-0.15, -0.1) is 0 Å². The highest BCUT2D eigenvalue weighted by atomic mass is 16.5. The molecule has 6 heteroatoms. The minimum absolute atomic E-state index is 0.201. The third-order valence-corrected chi connectivity index (χ3v) is 3.72. The summed E-state index contributed by atoms with van der Waals surface area (Å²) in [7, 11) is 0. The number of amides is 1. The van der Waals surface area contributed by atoms with Crippen molar-refractivity contribution in [3.8, 4) is 11.3 Å². The fourth-order valence-electron chi connectivity index (χ4n) is 2.60. The minimum Gasteiger partial charge on any atom is -0.388 e.